The lowest BCUT2D eigenvalue weighted by molar-refractivity contribution is -0.122. The van der Waals surface area contributed by atoms with Gasteiger partial charge in [-0.15, -0.1) is 0 Å². The van der Waals surface area contributed by atoms with Crippen molar-refractivity contribution in [2.45, 2.75) is 17.4 Å². The Labute approximate surface area is 128 Å². The summed E-state index contributed by atoms with van der Waals surface area (Å²) in [6.07, 6.45) is 1.04. The number of carbonyl (C=O) groups is 1. The predicted octanol–water partition coefficient (Wildman–Crippen LogP) is 2.03. The highest BCUT2D eigenvalue weighted by Gasteiger charge is 2.28. The molecule has 1 aliphatic heterocycles. The number of anilines is 1. The molecule has 0 saturated heterocycles. The van der Waals surface area contributed by atoms with Gasteiger partial charge in [0.05, 0.1) is 4.90 Å². The molecule has 1 heterocycles. The molecule has 0 spiro atoms. The Balaban J connectivity index is 1.74. The Morgan fingerprint density at radius 3 is 2.68 bits per heavy atom. The average molecular weight is 317 g/mol. The summed E-state index contributed by atoms with van der Waals surface area (Å²) in [5, 5.41) is 2.70. The minimum absolute atomic E-state index is 0.168. The number of ether oxygens (including phenoxy) is 1. The molecule has 2 aromatic carbocycles. The Kier molecular flexibility index (Phi) is 3.62. The first-order chi connectivity index (χ1) is 10.4. The van der Waals surface area contributed by atoms with E-state index >= 15 is 0 Å². The molecule has 1 atom stereocenters. The molecule has 0 radical (unpaired) electrons. The van der Waals surface area contributed by atoms with Gasteiger partial charge in [-0.3, -0.25) is 4.79 Å². The third-order valence-electron chi connectivity index (χ3n) is 3.47. The van der Waals surface area contributed by atoms with Crippen molar-refractivity contribution >= 4 is 21.4 Å². The summed E-state index contributed by atoms with van der Waals surface area (Å²) >= 11 is 0. The van der Waals surface area contributed by atoms with E-state index in [2.05, 4.69) is 5.32 Å². The molecular weight excluding hydrogens is 302 g/mol. The quantitative estimate of drug-likeness (QED) is 0.940. The second kappa shape index (κ2) is 5.46. The van der Waals surface area contributed by atoms with Crippen LogP contribution in [0, 0.1) is 0 Å². The van der Waals surface area contributed by atoms with Gasteiger partial charge in [0.15, 0.2) is 15.9 Å². The third-order valence-corrected chi connectivity index (χ3v) is 4.58. The fraction of sp³-hybridized carbons (Fsp3) is 0.188. The van der Waals surface area contributed by atoms with E-state index in [0.29, 0.717) is 17.9 Å². The third kappa shape index (κ3) is 2.96. The molecule has 1 amide bonds. The number of sulfone groups is 1. The molecule has 0 saturated carbocycles. The van der Waals surface area contributed by atoms with Crippen LogP contribution in [0.5, 0.6) is 5.75 Å². The van der Waals surface area contributed by atoms with Gasteiger partial charge in [0.1, 0.15) is 5.75 Å². The fourth-order valence-corrected chi connectivity index (χ4v) is 3.02. The van der Waals surface area contributed by atoms with Crippen molar-refractivity contribution in [3.05, 3.63) is 54.1 Å². The highest BCUT2D eigenvalue weighted by Crippen LogP contribution is 2.28. The smallest absolute Gasteiger partial charge is 0.265 e. The summed E-state index contributed by atoms with van der Waals surface area (Å²) in [5.41, 5.74) is 1.43. The van der Waals surface area contributed by atoms with Gasteiger partial charge in [0.2, 0.25) is 0 Å². The molecule has 5 nitrogen and oxygen atoms in total. The SMILES string of the molecule is CS(=O)(=O)c1cccc(NC(=O)C2Cc3ccccc3O2)c1. The Bertz CT molecular complexity index is 805. The van der Waals surface area contributed by atoms with Gasteiger partial charge in [-0.1, -0.05) is 24.3 Å². The van der Waals surface area contributed by atoms with E-state index in [1.54, 1.807) is 12.1 Å². The molecule has 6 heteroatoms. The second-order valence-corrected chi connectivity index (χ2v) is 7.22. The zero-order valence-electron chi connectivity index (χ0n) is 11.9. The minimum Gasteiger partial charge on any atom is -0.480 e. The fourth-order valence-electron chi connectivity index (χ4n) is 2.36. The first-order valence-electron chi connectivity index (χ1n) is 6.79. The van der Waals surface area contributed by atoms with Crippen LogP contribution < -0.4 is 10.1 Å². The van der Waals surface area contributed by atoms with E-state index in [9.17, 15) is 13.2 Å². The van der Waals surface area contributed by atoms with Crippen molar-refractivity contribution in [2.24, 2.45) is 0 Å². The molecule has 0 fully saturated rings. The monoisotopic (exact) mass is 317 g/mol. The van der Waals surface area contributed by atoms with Gasteiger partial charge in [0, 0.05) is 18.4 Å². The van der Waals surface area contributed by atoms with E-state index in [1.165, 1.54) is 12.1 Å². The lowest BCUT2D eigenvalue weighted by Gasteiger charge is -2.12. The van der Waals surface area contributed by atoms with Gasteiger partial charge < -0.3 is 10.1 Å². The Hall–Kier alpha value is -2.34. The van der Waals surface area contributed by atoms with Crippen LogP contribution in [0.15, 0.2) is 53.4 Å². The molecular formula is C16H15NO4S. The highest BCUT2D eigenvalue weighted by molar-refractivity contribution is 7.90. The van der Waals surface area contributed by atoms with E-state index in [4.69, 9.17) is 4.74 Å². The Morgan fingerprint density at radius 1 is 1.18 bits per heavy atom. The molecule has 0 aliphatic carbocycles. The van der Waals surface area contributed by atoms with Crippen molar-refractivity contribution < 1.29 is 17.9 Å². The summed E-state index contributed by atoms with van der Waals surface area (Å²) in [6.45, 7) is 0. The van der Waals surface area contributed by atoms with Crippen LogP contribution in [0.25, 0.3) is 0 Å². The number of amides is 1. The van der Waals surface area contributed by atoms with Crippen molar-refractivity contribution in [3.8, 4) is 5.75 Å². The van der Waals surface area contributed by atoms with Gasteiger partial charge in [0.25, 0.3) is 5.91 Å². The molecule has 114 valence electrons. The number of fused-ring (bicyclic) bond motifs is 1. The molecule has 1 unspecified atom stereocenters. The van der Waals surface area contributed by atoms with E-state index in [0.717, 1.165) is 11.8 Å². The van der Waals surface area contributed by atoms with Crippen LogP contribution in [0.4, 0.5) is 5.69 Å². The van der Waals surface area contributed by atoms with Gasteiger partial charge in [-0.2, -0.15) is 0 Å². The lowest BCUT2D eigenvalue weighted by Crippen LogP contribution is -2.31. The summed E-state index contributed by atoms with van der Waals surface area (Å²) < 4.78 is 28.7. The maximum Gasteiger partial charge on any atom is 0.265 e. The summed E-state index contributed by atoms with van der Waals surface area (Å²) in [6, 6.07) is 13.7. The van der Waals surface area contributed by atoms with Crippen LogP contribution in [0.3, 0.4) is 0 Å². The number of rotatable bonds is 3. The van der Waals surface area contributed by atoms with Crippen molar-refractivity contribution in [1.82, 2.24) is 0 Å². The number of benzene rings is 2. The maximum absolute atomic E-state index is 12.3. The summed E-state index contributed by atoms with van der Waals surface area (Å²) in [5.74, 6) is 0.425. The largest absolute Gasteiger partial charge is 0.480 e. The molecule has 3 rings (SSSR count). The zero-order chi connectivity index (χ0) is 15.7. The number of para-hydroxylation sites is 1. The Morgan fingerprint density at radius 2 is 1.95 bits per heavy atom. The number of nitrogens with one attached hydrogen (secondary N) is 1. The van der Waals surface area contributed by atoms with Gasteiger partial charge >= 0.3 is 0 Å². The van der Waals surface area contributed by atoms with Gasteiger partial charge in [-0.25, -0.2) is 8.42 Å². The molecule has 0 aromatic heterocycles. The van der Waals surface area contributed by atoms with E-state index < -0.39 is 15.9 Å². The standard InChI is InChI=1S/C16H15NO4S/c1-22(19,20)13-7-4-6-12(10-13)17-16(18)15-9-11-5-2-3-8-14(11)21-15/h2-8,10,15H,9H2,1H3,(H,17,18). The van der Waals surface area contributed by atoms with Crippen LogP contribution in [-0.2, 0) is 21.1 Å². The van der Waals surface area contributed by atoms with Crippen LogP contribution in [-0.4, -0.2) is 26.7 Å². The number of hydrogen-bond acceptors (Lipinski definition) is 4. The first-order valence-corrected chi connectivity index (χ1v) is 8.68. The topological polar surface area (TPSA) is 72.5 Å². The van der Waals surface area contributed by atoms with Crippen molar-refractivity contribution in [2.75, 3.05) is 11.6 Å². The average Bonchev–Trinajstić information content (AvgIpc) is 2.90. The minimum atomic E-state index is -3.31. The van der Waals surface area contributed by atoms with E-state index in [-0.39, 0.29) is 10.8 Å². The summed E-state index contributed by atoms with van der Waals surface area (Å²) in [4.78, 5) is 12.4. The molecule has 22 heavy (non-hydrogen) atoms. The van der Waals surface area contributed by atoms with Crippen molar-refractivity contribution in [3.63, 3.8) is 0 Å². The zero-order valence-corrected chi connectivity index (χ0v) is 12.8. The predicted molar refractivity (Wildman–Crippen MR) is 82.7 cm³/mol. The summed E-state index contributed by atoms with van der Waals surface area (Å²) in [7, 11) is -3.31. The van der Waals surface area contributed by atoms with E-state index in [1.807, 2.05) is 24.3 Å². The number of carbonyl (C=O) groups excluding carboxylic acids is 1. The first kappa shape index (κ1) is 14.6. The maximum atomic E-state index is 12.3. The van der Waals surface area contributed by atoms with Crippen LogP contribution in [0.1, 0.15) is 5.56 Å². The highest BCUT2D eigenvalue weighted by atomic mass is 32.2. The van der Waals surface area contributed by atoms with Crippen LogP contribution >= 0.6 is 0 Å². The lowest BCUT2D eigenvalue weighted by atomic mass is 10.1. The molecule has 1 N–H and O–H groups in total. The molecule has 0 bridgehead atoms. The van der Waals surface area contributed by atoms with Gasteiger partial charge in [-0.05, 0) is 29.8 Å². The molecule has 2 aromatic rings. The molecule has 1 aliphatic rings. The normalized spacial score (nSPS) is 16.7. The van der Waals surface area contributed by atoms with Crippen molar-refractivity contribution in [1.29, 1.82) is 0 Å². The second-order valence-electron chi connectivity index (χ2n) is 5.21. The number of hydrogen-bond donors (Lipinski definition) is 1. The van der Waals surface area contributed by atoms with Crippen LogP contribution in [0.2, 0.25) is 0 Å².